The van der Waals surface area contributed by atoms with Gasteiger partial charge in [-0.25, -0.2) is 0 Å². The Bertz CT molecular complexity index is 825. The van der Waals surface area contributed by atoms with Crippen molar-refractivity contribution < 1.29 is 22.7 Å². The monoisotopic (exact) mass is 381 g/mol. The van der Waals surface area contributed by atoms with Crippen LogP contribution in [0.2, 0.25) is 0 Å². The zero-order valence-electron chi connectivity index (χ0n) is 15.2. The summed E-state index contributed by atoms with van der Waals surface area (Å²) in [5, 5.41) is 3.65. The number of hydrogen-bond acceptors (Lipinski definition) is 5. The highest BCUT2D eigenvalue weighted by atomic mass is 19.4. The lowest BCUT2D eigenvalue weighted by Crippen LogP contribution is -2.50. The molecule has 146 valence electrons. The summed E-state index contributed by atoms with van der Waals surface area (Å²) in [6.07, 6.45) is -2.20. The van der Waals surface area contributed by atoms with E-state index in [2.05, 4.69) is 26.9 Å². The van der Waals surface area contributed by atoms with Crippen LogP contribution < -0.4 is 10.2 Å². The van der Waals surface area contributed by atoms with Crippen molar-refractivity contribution in [2.24, 2.45) is 5.92 Å². The molecule has 8 heteroatoms. The van der Waals surface area contributed by atoms with Crippen LogP contribution in [0.4, 0.5) is 18.9 Å². The van der Waals surface area contributed by atoms with Crippen molar-refractivity contribution in [1.29, 1.82) is 0 Å². The number of ether oxygens (including phenoxy) is 1. The van der Waals surface area contributed by atoms with Gasteiger partial charge in [-0.15, -0.1) is 0 Å². The molecule has 1 aliphatic rings. The van der Waals surface area contributed by atoms with Crippen LogP contribution >= 0.6 is 0 Å². The number of halogens is 3. The van der Waals surface area contributed by atoms with E-state index in [0.29, 0.717) is 17.8 Å². The second-order valence-electron chi connectivity index (χ2n) is 6.93. The number of methoxy groups -OCH3 is 1. The van der Waals surface area contributed by atoms with Gasteiger partial charge < -0.3 is 15.0 Å². The number of piperidine rings is 1. The third-order valence-electron chi connectivity index (χ3n) is 4.82. The summed E-state index contributed by atoms with van der Waals surface area (Å²) in [4.78, 5) is 17.4. The second-order valence-corrected chi connectivity index (χ2v) is 6.93. The van der Waals surface area contributed by atoms with Crippen LogP contribution in [0.15, 0.2) is 30.5 Å². The van der Waals surface area contributed by atoms with Gasteiger partial charge >= 0.3 is 12.1 Å². The Kier molecular flexibility index (Phi) is 5.55. The zero-order chi connectivity index (χ0) is 19.6. The number of esters is 1. The van der Waals surface area contributed by atoms with Crippen LogP contribution in [0, 0.1) is 5.92 Å². The highest BCUT2D eigenvalue weighted by molar-refractivity contribution is 5.94. The molecule has 1 aromatic heterocycles. The van der Waals surface area contributed by atoms with E-state index < -0.39 is 11.7 Å². The first-order valence-corrected chi connectivity index (χ1v) is 8.79. The van der Waals surface area contributed by atoms with Gasteiger partial charge in [0.15, 0.2) is 0 Å². The Morgan fingerprint density at radius 1 is 1.33 bits per heavy atom. The Morgan fingerprint density at radius 3 is 2.81 bits per heavy atom. The SMILES string of the molecule is COC(=O)CNC1CC(C)CN(c2ccc(C(F)(F)F)c3ncccc23)C1. The van der Waals surface area contributed by atoms with Crippen molar-refractivity contribution in [2.75, 3.05) is 31.6 Å². The third-order valence-corrected chi connectivity index (χ3v) is 4.82. The first kappa shape index (κ1) is 19.4. The maximum Gasteiger partial charge on any atom is 0.418 e. The number of alkyl halides is 3. The maximum atomic E-state index is 13.3. The number of nitrogens with zero attached hydrogens (tertiary/aromatic N) is 2. The van der Waals surface area contributed by atoms with E-state index in [-0.39, 0.29) is 24.1 Å². The van der Waals surface area contributed by atoms with Crippen molar-refractivity contribution in [1.82, 2.24) is 10.3 Å². The van der Waals surface area contributed by atoms with Gasteiger partial charge in [0.1, 0.15) is 0 Å². The first-order chi connectivity index (χ1) is 12.8. The molecule has 2 unspecified atom stereocenters. The minimum atomic E-state index is -4.45. The number of aromatic nitrogens is 1. The lowest BCUT2D eigenvalue weighted by molar-refractivity contribution is -0.139. The molecule has 0 bridgehead atoms. The van der Waals surface area contributed by atoms with Crippen LogP contribution in [0.3, 0.4) is 0 Å². The molecule has 5 nitrogen and oxygen atoms in total. The highest BCUT2D eigenvalue weighted by Gasteiger charge is 2.34. The number of hydrogen-bond donors (Lipinski definition) is 1. The minimum absolute atomic E-state index is 0.0419. The van der Waals surface area contributed by atoms with E-state index in [4.69, 9.17) is 0 Å². The van der Waals surface area contributed by atoms with Gasteiger partial charge in [0, 0.05) is 36.4 Å². The largest absolute Gasteiger partial charge is 0.468 e. The molecule has 1 fully saturated rings. The predicted octanol–water partition coefficient (Wildman–Crippen LogP) is 3.23. The van der Waals surface area contributed by atoms with Crippen molar-refractivity contribution in [3.05, 3.63) is 36.0 Å². The Morgan fingerprint density at radius 2 is 2.11 bits per heavy atom. The molecule has 0 radical (unpaired) electrons. The number of benzene rings is 1. The molecule has 1 saturated heterocycles. The molecule has 1 aliphatic heterocycles. The topological polar surface area (TPSA) is 54.5 Å². The lowest BCUT2D eigenvalue weighted by atomic mass is 9.94. The number of rotatable bonds is 4. The van der Waals surface area contributed by atoms with Gasteiger partial charge in [-0.05, 0) is 36.6 Å². The summed E-state index contributed by atoms with van der Waals surface area (Å²) < 4.78 is 44.6. The van der Waals surface area contributed by atoms with Crippen molar-refractivity contribution in [3.8, 4) is 0 Å². The predicted molar refractivity (Wildman–Crippen MR) is 96.5 cm³/mol. The van der Waals surface area contributed by atoms with Gasteiger partial charge in [0.25, 0.3) is 0 Å². The molecule has 0 spiro atoms. The summed E-state index contributed by atoms with van der Waals surface area (Å²) in [5.41, 5.74) is -0.0467. The molecule has 1 N–H and O–H groups in total. The summed E-state index contributed by atoms with van der Waals surface area (Å²) in [7, 11) is 1.33. The van der Waals surface area contributed by atoms with E-state index in [0.717, 1.165) is 24.7 Å². The fraction of sp³-hybridized carbons (Fsp3) is 0.474. The molecule has 27 heavy (non-hydrogen) atoms. The molecule has 0 aliphatic carbocycles. The van der Waals surface area contributed by atoms with Gasteiger partial charge in [-0.2, -0.15) is 13.2 Å². The molecule has 0 amide bonds. The maximum absolute atomic E-state index is 13.3. The molecule has 2 atom stereocenters. The van der Waals surface area contributed by atoms with Gasteiger partial charge in [-0.3, -0.25) is 9.78 Å². The number of fused-ring (bicyclic) bond motifs is 1. The zero-order valence-corrected chi connectivity index (χ0v) is 15.2. The Hall–Kier alpha value is -2.35. The minimum Gasteiger partial charge on any atom is -0.468 e. The van der Waals surface area contributed by atoms with Crippen molar-refractivity contribution in [3.63, 3.8) is 0 Å². The van der Waals surface area contributed by atoms with Crippen LogP contribution in [-0.2, 0) is 15.7 Å². The highest BCUT2D eigenvalue weighted by Crippen LogP contribution is 2.38. The average Bonchev–Trinajstić information content (AvgIpc) is 2.63. The Balaban J connectivity index is 1.91. The fourth-order valence-corrected chi connectivity index (χ4v) is 3.66. The van der Waals surface area contributed by atoms with Gasteiger partial charge in [-0.1, -0.05) is 6.92 Å². The number of anilines is 1. The fourth-order valence-electron chi connectivity index (χ4n) is 3.66. The van der Waals surface area contributed by atoms with E-state index >= 15 is 0 Å². The molecule has 0 saturated carbocycles. The molecular formula is C19H22F3N3O2. The van der Waals surface area contributed by atoms with Crippen LogP contribution in [0.5, 0.6) is 0 Å². The normalized spacial score (nSPS) is 20.7. The standard InChI is InChI=1S/C19H22F3N3O2/c1-12-8-13(24-9-17(26)27-2)11-25(10-12)16-6-5-15(19(20,21)22)18-14(16)4-3-7-23-18/h3-7,12-13,24H,8-11H2,1-2H3. The number of pyridine rings is 1. The quantitative estimate of drug-likeness (QED) is 0.824. The van der Waals surface area contributed by atoms with Crippen LogP contribution in [0.25, 0.3) is 10.9 Å². The average molecular weight is 381 g/mol. The molecule has 2 heterocycles. The molecule has 1 aromatic carbocycles. The van der Waals surface area contributed by atoms with Crippen LogP contribution in [0.1, 0.15) is 18.9 Å². The van der Waals surface area contributed by atoms with E-state index in [1.54, 1.807) is 12.1 Å². The molecule has 3 rings (SSSR count). The summed E-state index contributed by atoms with van der Waals surface area (Å²) in [6, 6.07) is 5.97. The number of carbonyl (C=O) groups excluding carboxylic acids is 1. The summed E-state index contributed by atoms with van der Waals surface area (Å²) >= 11 is 0. The van der Waals surface area contributed by atoms with Crippen LogP contribution in [-0.4, -0.2) is 43.7 Å². The smallest absolute Gasteiger partial charge is 0.418 e. The lowest BCUT2D eigenvalue weighted by Gasteiger charge is -2.39. The molecular weight excluding hydrogens is 359 g/mol. The van der Waals surface area contributed by atoms with E-state index in [9.17, 15) is 18.0 Å². The molecule has 2 aromatic rings. The van der Waals surface area contributed by atoms with Gasteiger partial charge in [0.2, 0.25) is 0 Å². The van der Waals surface area contributed by atoms with E-state index in [1.807, 2.05) is 0 Å². The summed E-state index contributed by atoms with van der Waals surface area (Å²) in [6.45, 7) is 3.52. The summed E-state index contributed by atoms with van der Waals surface area (Å²) in [5.74, 6) is -0.0214. The Labute approximate surface area is 155 Å². The van der Waals surface area contributed by atoms with Crippen molar-refractivity contribution in [2.45, 2.75) is 25.6 Å². The third kappa shape index (κ3) is 4.32. The first-order valence-electron chi connectivity index (χ1n) is 8.79. The number of carbonyl (C=O) groups is 1. The van der Waals surface area contributed by atoms with Crippen molar-refractivity contribution >= 4 is 22.6 Å². The number of nitrogens with one attached hydrogen (secondary N) is 1. The second kappa shape index (κ2) is 7.72. The van der Waals surface area contributed by atoms with Gasteiger partial charge in [0.05, 0.1) is 24.7 Å². The van der Waals surface area contributed by atoms with E-state index in [1.165, 1.54) is 19.4 Å².